The number of thiophene rings is 1. The average Bonchev–Trinajstić information content (AvgIpc) is 3.29. The second-order valence-electron chi connectivity index (χ2n) is 6.75. The largest absolute Gasteiger partial charge is 0.748 e. The van der Waals surface area contributed by atoms with Crippen LogP contribution in [-0.4, -0.2) is 13.0 Å². The fraction of sp³-hybridized carbons (Fsp3) is 0.0909. The monoisotopic (exact) mass is 467 g/mol. The number of para-hydroxylation sites is 1. The lowest BCUT2D eigenvalue weighted by Gasteiger charge is -2.12. The summed E-state index contributed by atoms with van der Waals surface area (Å²) in [5.41, 5.74) is 8.39. The number of rotatable bonds is 5. The van der Waals surface area contributed by atoms with Crippen molar-refractivity contribution in [1.29, 1.82) is 5.26 Å². The molecule has 2 heterocycles. The number of aromatic nitrogens is 1. The van der Waals surface area contributed by atoms with Crippen LogP contribution in [0.3, 0.4) is 0 Å². The number of fused-ring (bicyclic) bond motifs is 1. The number of hydrogen-bond acceptors (Lipinski definition) is 8. The van der Waals surface area contributed by atoms with Gasteiger partial charge in [0.2, 0.25) is 0 Å². The molecule has 164 valence electrons. The normalized spacial score (nSPS) is 10.8. The molecule has 5 N–H and O–H groups in total. The molecule has 8 nitrogen and oxygen atoms in total. The molecular weight excluding hydrogens is 446 g/mol. The second-order valence-corrected chi connectivity index (χ2v) is 9.19. The molecule has 0 fully saturated rings. The molecule has 0 aliphatic rings. The van der Waals surface area contributed by atoms with Crippen molar-refractivity contribution in [2.75, 3.05) is 16.9 Å². The van der Waals surface area contributed by atoms with Crippen LogP contribution in [0.2, 0.25) is 0 Å². The van der Waals surface area contributed by atoms with Gasteiger partial charge in [0, 0.05) is 16.8 Å². The topological polar surface area (TPSA) is 149 Å². The highest BCUT2D eigenvalue weighted by Crippen LogP contribution is 2.28. The molecule has 0 saturated heterocycles. The van der Waals surface area contributed by atoms with Crippen LogP contribution >= 0.6 is 11.3 Å². The van der Waals surface area contributed by atoms with E-state index >= 15 is 0 Å². The number of nitrogens with one attached hydrogen (secondary N) is 1. The Morgan fingerprint density at radius 2 is 1.75 bits per heavy atom. The number of nitrogen functional groups attached to an aromatic ring is 2. The standard InChI is InChI=1S/C15H13N5S.C7H8O3S/c16-8-12-14(19-9-10-4-3-7-21-10)11-5-1-2-6-13(11)20(18)15(12)17;8-11(9,10)6-7-4-2-1-3-5-7/h1-7H,9,18H2,(H2,17,19);1-5H,6H2,(H,8,9,10). The quantitative estimate of drug-likeness (QED) is 0.232. The third-order valence-corrected chi connectivity index (χ3v) is 6.08. The highest BCUT2D eigenvalue weighted by atomic mass is 32.2. The van der Waals surface area contributed by atoms with Crippen LogP contribution in [-0.2, 0) is 22.4 Å². The van der Waals surface area contributed by atoms with Crippen molar-refractivity contribution in [3.63, 3.8) is 0 Å². The smallest absolute Gasteiger partial charge is 0.316 e. The third-order valence-electron chi connectivity index (χ3n) is 4.52. The van der Waals surface area contributed by atoms with Gasteiger partial charge in [0.15, 0.2) is 11.1 Å². The highest BCUT2D eigenvalue weighted by Gasteiger charge is 2.20. The van der Waals surface area contributed by atoms with E-state index in [1.807, 2.05) is 41.8 Å². The van der Waals surface area contributed by atoms with Gasteiger partial charge in [-0.2, -0.15) is 5.26 Å². The fourth-order valence-corrected chi connectivity index (χ4v) is 4.32. The number of pyridine rings is 1. The lowest BCUT2D eigenvalue weighted by Crippen LogP contribution is -2.48. The van der Waals surface area contributed by atoms with Gasteiger partial charge in [-0.05, 0) is 29.1 Å². The molecule has 0 unspecified atom stereocenters. The molecule has 0 amide bonds. The molecule has 0 aliphatic heterocycles. The Hall–Kier alpha value is -3.65. The molecule has 0 bridgehead atoms. The predicted octanol–water partition coefficient (Wildman–Crippen LogP) is 2.70. The molecule has 0 spiro atoms. The van der Waals surface area contributed by atoms with E-state index in [0.717, 1.165) is 16.6 Å². The molecule has 10 heteroatoms. The summed E-state index contributed by atoms with van der Waals surface area (Å²) in [6, 6.07) is 22.2. The second kappa shape index (κ2) is 10.1. The Morgan fingerprint density at radius 3 is 2.38 bits per heavy atom. The maximum atomic E-state index is 10.2. The Bertz CT molecular complexity index is 1350. The van der Waals surface area contributed by atoms with E-state index in [0.29, 0.717) is 17.7 Å². The van der Waals surface area contributed by atoms with Gasteiger partial charge in [-0.3, -0.25) is 11.6 Å². The lowest BCUT2D eigenvalue weighted by molar-refractivity contribution is -0.596. The Morgan fingerprint density at radius 1 is 1.06 bits per heavy atom. The van der Waals surface area contributed by atoms with E-state index in [9.17, 15) is 18.2 Å². The van der Waals surface area contributed by atoms with Crippen LogP contribution in [0.4, 0.5) is 11.5 Å². The van der Waals surface area contributed by atoms with Crippen LogP contribution in [0.1, 0.15) is 16.0 Å². The van der Waals surface area contributed by atoms with Crippen molar-refractivity contribution in [2.45, 2.75) is 12.3 Å². The van der Waals surface area contributed by atoms with Gasteiger partial charge in [0.05, 0.1) is 21.6 Å². The number of nitrogens with zero attached hydrogens (tertiary/aromatic N) is 2. The lowest BCUT2D eigenvalue weighted by atomic mass is 10.1. The van der Waals surface area contributed by atoms with Crippen LogP contribution in [0.15, 0.2) is 72.1 Å². The summed E-state index contributed by atoms with van der Waals surface area (Å²) in [4.78, 5) is 1.19. The maximum Gasteiger partial charge on any atom is 0.316 e. The van der Waals surface area contributed by atoms with Crippen LogP contribution in [0.25, 0.3) is 10.9 Å². The third kappa shape index (κ3) is 5.73. The minimum absolute atomic E-state index is 0.255. The minimum atomic E-state index is -4.13. The van der Waals surface area contributed by atoms with Crippen LogP contribution < -0.4 is 21.6 Å². The van der Waals surface area contributed by atoms with E-state index in [1.54, 1.807) is 41.7 Å². The molecule has 4 rings (SSSR count). The first kappa shape index (κ1) is 23.0. The SMILES string of the molecule is N#Cc1c(NCc2cccs2)c2ccccc2[n+](N)c1N.O=S(=O)([O-])Cc1ccccc1. The molecule has 2 aromatic carbocycles. The van der Waals surface area contributed by atoms with E-state index in [2.05, 4.69) is 11.4 Å². The van der Waals surface area contributed by atoms with E-state index in [-0.39, 0.29) is 5.82 Å². The summed E-state index contributed by atoms with van der Waals surface area (Å²) in [5.74, 6) is 5.80. The Balaban J connectivity index is 0.000000222. The molecule has 2 aromatic heterocycles. The molecule has 0 atom stereocenters. The van der Waals surface area contributed by atoms with Crippen molar-refractivity contribution < 1.29 is 17.6 Å². The minimum Gasteiger partial charge on any atom is -0.748 e. The highest BCUT2D eigenvalue weighted by molar-refractivity contribution is 7.84. The first-order valence-electron chi connectivity index (χ1n) is 9.45. The van der Waals surface area contributed by atoms with E-state index < -0.39 is 15.9 Å². The first-order valence-corrected chi connectivity index (χ1v) is 11.9. The predicted molar refractivity (Wildman–Crippen MR) is 125 cm³/mol. The van der Waals surface area contributed by atoms with Gasteiger partial charge in [-0.15, -0.1) is 16.0 Å². The zero-order chi connectivity index (χ0) is 23.1. The van der Waals surface area contributed by atoms with Crippen LogP contribution in [0, 0.1) is 11.3 Å². The Kier molecular flexibility index (Phi) is 7.27. The van der Waals surface area contributed by atoms with Crippen molar-refractivity contribution in [3.8, 4) is 6.07 Å². The summed E-state index contributed by atoms with van der Waals surface area (Å²) in [5, 5.41) is 15.6. The molecule has 0 aliphatic carbocycles. The average molecular weight is 468 g/mol. The van der Waals surface area contributed by atoms with Gasteiger partial charge in [0.25, 0.3) is 0 Å². The summed E-state index contributed by atoms with van der Waals surface area (Å²) >= 11 is 1.66. The zero-order valence-corrected chi connectivity index (χ0v) is 18.6. The summed E-state index contributed by atoms with van der Waals surface area (Å²) in [7, 11) is -4.13. The molecule has 32 heavy (non-hydrogen) atoms. The first-order chi connectivity index (χ1) is 15.3. The van der Waals surface area contributed by atoms with Gasteiger partial charge >= 0.3 is 5.82 Å². The number of nitrogens with two attached hydrogens (primary N) is 2. The van der Waals surface area contributed by atoms with Gasteiger partial charge < -0.3 is 9.87 Å². The van der Waals surface area contributed by atoms with Gasteiger partial charge in [0.1, 0.15) is 6.07 Å². The van der Waals surface area contributed by atoms with Crippen molar-refractivity contribution in [1.82, 2.24) is 0 Å². The van der Waals surface area contributed by atoms with Crippen LogP contribution in [0.5, 0.6) is 0 Å². The van der Waals surface area contributed by atoms with Gasteiger partial charge in [-0.25, -0.2) is 8.42 Å². The molecule has 0 radical (unpaired) electrons. The van der Waals surface area contributed by atoms with Crippen molar-refractivity contribution in [3.05, 3.63) is 88.1 Å². The number of hydrogen-bond donors (Lipinski definition) is 3. The number of nitriles is 1. The molecular formula is C22H21N5O3S2. The van der Waals surface area contributed by atoms with E-state index in [4.69, 9.17) is 11.6 Å². The van der Waals surface area contributed by atoms with Gasteiger partial charge in [-0.1, -0.05) is 48.5 Å². The molecule has 0 saturated carbocycles. The number of anilines is 2. The summed E-state index contributed by atoms with van der Waals surface area (Å²) in [6.07, 6.45) is 0. The van der Waals surface area contributed by atoms with Crippen molar-refractivity contribution in [2.24, 2.45) is 0 Å². The fourth-order valence-electron chi connectivity index (χ4n) is 3.07. The Labute approximate surface area is 190 Å². The van der Waals surface area contributed by atoms with E-state index in [1.165, 1.54) is 9.55 Å². The number of benzene rings is 2. The summed E-state index contributed by atoms with van der Waals surface area (Å²) < 4.78 is 32.1. The van der Waals surface area contributed by atoms with Crippen molar-refractivity contribution >= 4 is 43.9 Å². The molecule has 4 aromatic rings. The summed E-state index contributed by atoms with van der Waals surface area (Å²) in [6.45, 7) is 0.643. The zero-order valence-electron chi connectivity index (χ0n) is 16.9. The maximum absolute atomic E-state index is 10.2.